The van der Waals surface area contributed by atoms with Crippen molar-refractivity contribution in [1.29, 1.82) is 0 Å². The van der Waals surface area contributed by atoms with Crippen LogP contribution in [0.3, 0.4) is 0 Å². The number of methoxy groups -OCH3 is 1. The van der Waals surface area contributed by atoms with Crippen LogP contribution in [0, 0.1) is 26.7 Å². The maximum atomic E-state index is 5.51. The topological polar surface area (TPSA) is 15.7 Å². The summed E-state index contributed by atoms with van der Waals surface area (Å²) in [5.74, 6) is 1.76. The molecule has 3 aromatic carbocycles. The molecule has 0 bridgehead atoms. The van der Waals surface area contributed by atoms with Crippen molar-refractivity contribution in [2.24, 2.45) is 5.92 Å². The van der Waals surface area contributed by atoms with Gasteiger partial charge in [0, 0.05) is 32.7 Å². The van der Waals surface area contributed by atoms with E-state index >= 15 is 0 Å². The Kier molecular flexibility index (Phi) is 7.98. The van der Waals surface area contributed by atoms with E-state index in [0.29, 0.717) is 0 Å². The number of rotatable bonds is 6. The molecular weight excluding hydrogens is 440 g/mol. The second-order valence-corrected chi connectivity index (χ2v) is 11.4. The number of fused-ring (bicyclic) bond motifs is 2. The highest BCUT2D eigenvalue weighted by Crippen LogP contribution is 2.28. The van der Waals surface area contributed by atoms with Crippen LogP contribution in [0.2, 0.25) is 0 Å². The average Bonchev–Trinajstić information content (AvgIpc) is 2.86. The summed E-state index contributed by atoms with van der Waals surface area (Å²) in [6, 6.07) is 16.2. The van der Waals surface area contributed by atoms with E-state index in [0.717, 1.165) is 24.6 Å². The minimum atomic E-state index is 0.783. The first kappa shape index (κ1) is 25.3. The first-order chi connectivity index (χ1) is 17.5. The largest absolute Gasteiger partial charge is 0.496 e. The van der Waals surface area contributed by atoms with Crippen molar-refractivity contribution in [2.75, 3.05) is 39.8 Å². The van der Waals surface area contributed by atoms with Crippen molar-refractivity contribution in [1.82, 2.24) is 9.80 Å². The van der Waals surface area contributed by atoms with Crippen LogP contribution in [-0.2, 0) is 19.4 Å². The summed E-state index contributed by atoms with van der Waals surface area (Å²) in [7, 11) is 1.76. The molecule has 3 heteroatoms. The minimum absolute atomic E-state index is 0.783. The molecule has 5 rings (SSSR count). The lowest BCUT2D eigenvalue weighted by Gasteiger charge is -2.36. The number of nitrogens with zero attached hydrogens (tertiary/aromatic N) is 2. The van der Waals surface area contributed by atoms with Crippen molar-refractivity contribution in [3.63, 3.8) is 0 Å². The fourth-order valence-electron chi connectivity index (χ4n) is 6.46. The molecule has 36 heavy (non-hydrogen) atoms. The van der Waals surface area contributed by atoms with Crippen LogP contribution >= 0.6 is 0 Å². The van der Waals surface area contributed by atoms with Crippen molar-refractivity contribution in [3.05, 3.63) is 75.8 Å². The Morgan fingerprint density at radius 1 is 0.861 bits per heavy atom. The molecule has 0 spiro atoms. The molecule has 0 radical (unpaired) electrons. The molecule has 3 nitrogen and oxygen atoms in total. The van der Waals surface area contributed by atoms with E-state index in [-0.39, 0.29) is 0 Å². The van der Waals surface area contributed by atoms with Gasteiger partial charge < -0.3 is 9.64 Å². The van der Waals surface area contributed by atoms with Crippen LogP contribution in [0.5, 0.6) is 5.75 Å². The van der Waals surface area contributed by atoms with E-state index in [9.17, 15) is 0 Å². The molecule has 2 aliphatic heterocycles. The highest BCUT2D eigenvalue weighted by atomic mass is 16.5. The Hall–Kier alpha value is -2.36. The molecule has 0 aromatic heterocycles. The summed E-state index contributed by atoms with van der Waals surface area (Å²) in [6.45, 7) is 13.9. The highest BCUT2D eigenvalue weighted by molar-refractivity contribution is 5.88. The van der Waals surface area contributed by atoms with Crippen molar-refractivity contribution in [3.8, 4) is 5.75 Å². The Bertz CT molecular complexity index is 1200. The Morgan fingerprint density at radius 3 is 2.53 bits per heavy atom. The summed E-state index contributed by atoms with van der Waals surface area (Å²) in [4.78, 5) is 5.50. The van der Waals surface area contributed by atoms with Crippen molar-refractivity contribution >= 4 is 10.8 Å². The maximum absolute atomic E-state index is 5.51. The fraction of sp³-hybridized carbons (Fsp3) is 0.515. The molecule has 3 aromatic rings. The SMILES string of the molecule is COc1ccc2cc(CCN3CCCCCC(CN4CCc5cc(C)c(C)cc5C4)C3)ccc2c1C. The molecule has 1 fully saturated rings. The number of hydrogen-bond donors (Lipinski definition) is 0. The van der Waals surface area contributed by atoms with Crippen LogP contribution in [0.25, 0.3) is 10.8 Å². The first-order valence-corrected chi connectivity index (χ1v) is 14.1. The van der Waals surface area contributed by atoms with E-state index < -0.39 is 0 Å². The minimum Gasteiger partial charge on any atom is -0.496 e. The molecular formula is C33H44N2O. The van der Waals surface area contributed by atoms with Gasteiger partial charge in [0.1, 0.15) is 5.75 Å². The first-order valence-electron chi connectivity index (χ1n) is 14.1. The van der Waals surface area contributed by atoms with Crippen LogP contribution in [0.4, 0.5) is 0 Å². The summed E-state index contributed by atoms with van der Waals surface area (Å²) >= 11 is 0. The van der Waals surface area contributed by atoms with E-state index in [2.05, 4.69) is 73.0 Å². The van der Waals surface area contributed by atoms with Crippen LogP contribution in [0.15, 0.2) is 42.5 Å². The molecule has 2 aliphatic rings. The molecule has 2 heterocycles. The van der Waals surface area contributed by atoms with Gasteiger partial charge in [0.15, 0.2) is 0 Å². The van der Waals surface area contributed by atoms with E-state index in [1.165, 1.54) is 97.9 Å². The molecule has 1 atom stereocenters. The van der Waals surface area contributed by atoms with Gasteiger partial charge in [-0.05, 0) is 109 Å². The summed E-state index contributed by atoms with van der Waals surface area (Å²) in [5.41, 5.74) is 8.71. The van der Waals surface area contributed by atoms with Gasteiger partial charge in [0.2, 0.25) is 0 Å². The molecule has 0 aliphatic carbocycles. The summed E-state index contributed by atoms with van der Waals surface area (Å²) in [5, 5.41) is 2.63. The third kappa shape index (κ3) is 5.79. The number of aryl methyl sites for hydroxylation is 3. The number of hydrogen-bond acceptors (Lipinski definition) is 3. The van der Waals surface area contributed by atoms with Gasteiger partial charge in [0.25, 0.3) is 0 Å². The second-order valence-electron chi connectivity index (χ2n) is 11.4. The normalized spacial score (nSPS) is 19.6. The summed E-state index contributed by atoms with van der Waals surface area (Å²) < 4.78 is 5.51. The molecule has 192 valence electrons. The van der Waals surface area contributed by atoms with Gasteiger partial charge >= 0.3 is 0 Å². The van der Waals surface area contributed by atoms with Gasteiger partial charge in [-0.3, -0.25) is 4.90 Å². The fourth-order valence-corrected chi connectivity index (χ4v) is 6.46. The second kappa shape index (κ2) is 11.4. The van der Waals surface area contributed by atoms with E-state index in [1.54, 1.807) is 18.2 Å². The zero-order valence-corrected chi connectivity index (χ0v) is 22.9. The molecule has 0 saturated carbocycles. The van der Waals surface area contributed by atoms with Crippen molar-refractivity contribution in [2.45, 2.75) is 65.8 Å². The predicted molar refractivity (Wildman–Crippen MR) is 152 cm³/mol. The van der Waals surface area contributed by atoms with E-state index in [1.807, 2.05) is 0 Å². The van der Waals surface area contributed by atoms with Gasteiger partial charge in [-0.2, -0.15) is 0 Å². The third-order valence-electron chi connectivity index (χ3n) is 8.77. The lowest BCUT2D eigenvalue weighted by molar-refractivity contribution is 0.147. The number of likely N-dealkylation sites (tertiary alicyclic amines) is 1. The Balaban J connectivity index is 1.20. The van der Waals surface area contributed by atoms with Crippen molar-refractivity contribution < 1.29 is 4.74 Å². The number of ether oxygens (including phenoxy) is 1. The zero-order chi connectivity index (χ0) is 25.1. The smallest absolute Gasteiger partial charge is 0.122 e. The molecule has 0 N–H and O–H groups in total. The number of benzene rings is 3. The highest BCUT2D eigenvalue weighted by Gasteiger charge is 2.23. The zero-order valence-electron chi connectivity index (χ0n) is 22.9. The van der Waals surface area contributed by atoms with Gasteiger partial charge in [-0.25, -0.2) is 0 Å². The quantitative estimate of drug-likeness (QED) is 0.380. The predicted octanol–water partition coefficient (Wildman–Crippen LogP) is 6.87. The molecule has 1 saturated heterocycles. The maximum Gasteiger partial charge on any atom is 0.122 e. The monoisotopic (exact) mass is 484 g/mol. The average molecular weight is 485 g/mol. The standard InChI is InChI=1S/C33H44N2O/c1-24-18-29-14-17-35(23-31(29)19-25(24)2)22-28-8-6-5-7-15-34(21-28)16-13-27-9-11-32-26(3)33(36-4)12-10-30(32)20-27/h9-12,18-20,28H,5-8,13-17,21-23H2,1-4H3. The Labute approximate surface area is 218 Å². The summed E-state index contributed by atoms with van der Waals surface area (Å²) in [6.07, 6.45) is 7.84. The van der Waals surface area contributed by atoms with Crippen LogP contribution in [0.1, 0.15) is 59.1 Å². The van der Waals surface area contributed by atoms with Crippen LogP contribution < -0.4 is 4.74 Å². The van der Waals surface area contributed by atoms with Gasteiger partial charge in [-0.1, -0.05) is 49.2 Å². The lowest BCUT2D eigenvalue weighted by Crippen LogP contribution is -2.41. The lowest BCUT2D eigenvalue weighted by atomic mass is 9.92. The van der Waals surface area contributed by atoms with Gasteiger partial charge in [-0.15, -0.1) is 0 Å². The molecule has 0 amide bonds. The Morgan fingerprint density at radius 2 is 1.69 bits per heavy atom. The van der Waals surface area contributed by atoms with E-state index in [4.69, 9.17) is 4.74 Å². The van der Waals surface area contributed by atoms with Gasteiger partial charge in [0.05, 0.1) is 7.11 Å². The third-order valence-corrected chi connectivity index (χ3v) is 8.77. The molecule has 1 unspecified atom stereocenters. The van der Waals surface area contributed by atoms with Crippen LogP contribution in [-0.4, -0.2) is 49.6 Å².